The molecule has 1 heterocycles. The summed E-state index contributed by atoms with van der Waals surface area (Å²) in [4.78, 5) is 5.64. The van der Waals surface area contributed by atoms with Gasteiger partial charge in [0.05, 0.1) is 24.7 Å². The molecule has 24 heavy (non-hydrogen) atoms. The van der Waals surface area contributed by atoms with Gasteiger partial charge in [-0.25, -0.2) is 9.38 Å². The molecule has 0 radical (unpaired) electrons. The van der Waals surface area contributed by atoms with Crippen LogP contribution in [0, 0.1) is 24.1 Å². The first-order valence-corrected chi connectivity index (χ1v) is 8.25. The van der Waals surface area contributed by atoms with Gasteiger partial charge in [0.2, 0.25) is 0 Å². The standard InChI is InChI=1S/C17H19FN4S.HI/c1-3-20-17(22-11-16-12(2)6-7-23-16)21-10-14-8-13(9-19)4-5-15(14)18;/h4-8H,3,10-11H2,1-2H3,(H2,20,21,22);1H. The summed E-state index contributed by atoms with van der Waals surface area (Å²) in [7, 11) is 0. The number of guanidine groups is 1. The maximum absolute atomic E-state index is 13.8. The molecule has 4 nitrogen and oxygen atoms in total. The Kier molecular flexibility index (Phi) is 8.71. The van der Waals surface area contributed by atoms with Crippen molar-refractivity contribution in [2.45, 2.75) is 26.9 Å². The van der Waals surface area contributed by atoms with Crippen LogP contribution in [0.25, 0.3) is 0 Å². The maximum Gasteiger partial charge on any atom is 0.191 e. The van der Waals surface area contributed by atoms with E-state index in [1.807, 2.05) is 13.0 Å². The summed E-state index contributed by atoms with van der Waals surface area (Å²) in [5.74, 6) is 0.278. The lowest BCUT2D eigenvalue weighted by molar-refractivity contribution is 0.610. The van der Waals surface area contributed by atoms with Crippen LogP contribution in [0.4, 0.5) is 4.39 Å². The summed E-state index contributed by atoms with van der Waals surface area (Å²) in [6.07, 6.45) is 0. The molecule has 0 amide bonds. The van der Waals surface area contributed by atoms with Crippen molar-refractivity contribution in [3.8, 4) is 6.07 Å². The zero-order chi connectivity index (χ0) is 16.7. The van der Waals surface area contributed by atoms with Crippen molar-refractivity contribution in [2.24, 2.45) is 4.99 Å². The number of halogens is 2. The van der Waals surface area contributed by atoms with E-state index in [-0.39, 0.29) is 36.3 Å². The molecule has 0 saturated carbocycles. The van der Waals surface area contributed by atoms with Gasteiger partial charge in [0.1, 0.15) is 5.82 Å². The first kappa shape index (κ1) is 20.4. The number of hydrogen-bond acceptors (Lipinski definition) is 3. The third-order valence-corrected chi connectivity index (χ3v) is 4.33. The minimum absolute atomic E-state index is 0. The van der Waals surface area contributed by atoms with Gasteiger partial charge in [-0.3, -0.25) is 0 Å². The first-order valence-electron chi connectivity index (χ1n) is 7.37. The molecule has 0 saturated heterocycles. The molecule has 0 unspecified atom stereocenters. The Bertz CT molecular complexity index is 736. The fourth-order valence-electron chi connectivity index (χ4n) is 2.02. The number of nitrogens with zero attached hydrogens (tertiary/aromatic N) is 2. The Hall–Kier alpha value is -1.66. The van der Waals surface area contributed by atoms with E-state index in [0.717, 1.165) is 6.54 Å². The SMILES string of the molecule is CCNC(=NCc1cc(C#N)ccc1F)NCc1sccc1C.I. The predicted octanol–water partition coefficient (Wildman–Crippen LogP) is 3.94. The van der Waals surface area contributed by atoms with Crippen LogP contribution in [0.15, 0.2) is 34.6 Å². The van der Waals surface area contributed by atoms with E-state index in [2.05, 4.69) is 34.0 Å². The molecule has 2 aromatic rings. The smallest absolute Gasteiger partial charge is 0.191 e. The van der Waals surface area contributed by atoms with Gasteiger partial charge in [-0.15, -0.1) is 35.3 Å². The average molecular weight is 458 g/mol. The van der Waals surface area contributed by atoms with Crippen LogP contribution in [-0.2, 0) is 13.1 Å². The number of aliphatic imine (C=N–C) groups is 1. The fraction of sp³-hybridized carbons (Fsp3) is 0.294. The number of thiophene rings is 1. The highest BCUT2D eigenvalue weighted by Gasteiger charge is 2.05. The molecule has 0 fully saturated rings. The predicted molar refractivity (Wildman–Crippen MR) is 107 cm³/mol. The fourth-order valence-corrected chi connectivity index (χ4v) is 2.87. The molecule has 1 aromatic heterocycles. The Labute approximate surface area is 162 Å². The zero-order valence-electron chi connectivity index (χ0n) is 13.6. The number of nitriles is 1. The minimum atomic E-state index is -0.349. The van der Waals surface area contributed by atoms with E-state index >= 15 is 0 Å². The monoisotopic (exact) mass is 458 g/mol. The van der Waals surface area contributed by atoms with Crippen molar-refractivity contribution >= 4 is 41.3 Å². The van der Waals surface area contributed by atoms with Gasteiger partial charge < -0.3 is 10.6 Å². The van der Waals surface area contributed by atoms with Crippen molar-refractivity contribution < 1.29 is 4.39 Å². The van der Waals surface area contributed by atoms with Crippen molar-refractivity contribution in [1.82, 2.24) is 10.6 Å². The molecule has 1 aromatic carbocycles. The largest absolute Gasteiger partial charge is 0.357 e. The van der Waals surface area contributed by atoms with Crippen LogP contribution in [0.1, 0.15) is 28.5 Å². The van der Waals surface area contributed by atoms with E-state index in [9.17, 15) is 4.39 Å². The quantitative estimate of drug-likeness (QED) is 0.406. The van der Waals surface area contributed by atoms with E-state index in [4.69, 9.17) is 5.26 Å². The lowest BCUT2D eigenvalue weighted by Crippen LogP contribution is -2.36. The first-order chi connectivity index (χ1) is 11.1. The Morgan fingerprint density at radius 3 is 2.75 bits per heavy atom. The second-order valence-corrected chi connectivity index (χ2v) is 5.99. The van der Waals surface area contributed by atoms with Gasteiger partial charge in [-0.2, -0.15) is 5.26 Å². The summed E-state index contributed by atoms with van der Waals surface area (Å²) >= 11 is 1.69. The van der Waals surface area contributed by atoms with Crippen molar-refractivity contribution in [1.29, 1.82) is 5.26 Å². The summed E-state index contributed by atoms with van der Waals surface area (Å²) in [6, 6.07) is 8.39. The molecule has 0 bridgehead atoms. The highest BCUT2D eigenvalue weighted by atomic mass is 127. The van der Waals surface area contributed by atoms with Gasteiger partial charge in [-0.05, 0) is 49.1 Å². The van der Waals surface area contributed by atoms with Crippen LogP contribution >= 0.6 is 35.3 Å². The van der Waals surface area contributed by atoms with Gasteiger partial charge in [-0.1, -0.05) is 0 Å². The third kappa shape index (κ3) is 5.76. The highest BCUT2D eigenvalue weighted by molar-refractivity contribution is 14.0. The van der Waals surface area contributed by atoms with E-state index in [0.29, 0.717) is 23.6 Å². The molecule has 128 valence electrons. The molecule has 0 atom stereocenters. The van der Waals surface area contributed by atoms with E-state index in [1.165, 1.54) is 28.6 Å². The summed E-state index contributed by atoms with van der Waals surface area (Å²) in [5, 5.41) is 17.3. The molecule has 2 rings (SSSR count). The topological polar surface area (TPSA) is 60.2 Å². The molecule has 0 aliphatic carbocycles. The molecular formula is C17H20FIN4S. The molecular weight excluding hydrogens is 438 g/mol. The van der Waals surface area contributed by atoms with Crippen LogP contribution in [0.5, 0.6) is 0 Å². The minimum Gasteiger partial charge on any atom is -0.357 e. The van der Waals surface area contributed by atoms with E-state index < -0.39 is 0 Å². The Morgan fingerprint density at radius 2 is 2.12 bits per heavy atom. The van der Waals surface area contributed by atoms with Crippen LogP contribution < -0.4 is 10.6 Å². The molecule has 0 aliphatic rings. The molecule has 0 aliphatic heterocycles. The second-order valence-electron chi connectivity index (χ2n) is 4.99. The average Bonchev–Trinajstić information content (AvgIpc) is 2.96. The number of aryl methyl sites for hydroxylation is 1. The summed E-state index contributed by atoms with van der Waals surface area (Å²) in [6.45, 7) is 5.62. The molecule has 0 spiro atoms. The van der Waals surface area contributed by atoms with Gasteiger partial charge in [0, 0.05) is 17.0 Å². The van der Waals surface area contributed by atoms with E-state index in [1.54, 1.807) is 11.3 Å². The lowest BCUT2D eigenvalue weighted by Gasteiger charge is -2.11. The second kappa shape index (κ2) is 10.3. The van der Waals surface area contributed by atoms with Gasteiger partial charge in [0.15, 0.2) is 5.96 Å². The lowest BCUT2D eigenvalue weighted by atomic mass is 10.1. The summed E-state index contributed by atoms with van der Waals surface area (Å²) in [5.41, 5.74) is 2.09. The Morgan fingerprint density at radius 1 is 1.33 bits per heavy atom. The van der Waals surface area contributed by atoms with Crippen LogP contribution in [0.2, 0.25) is 0 Å². The van der Waals surface area contributed by atoms with Crippen molar-refractivity contribution in [2.75, 3.05) is 6.54 Å². The number of hydrogen-bond donors (Lipinski definition) is 2. The van der Waals surface area contributed by atoms with Crippen molar-refractivity contribution in [3.05, 3.63) is 57.0 Å². The molecule has 2 N–H and O–H groups in total. The Balaban J connectivity index is 0.00000288. The number of rotatable bonds is 5. The van der Waals surface area contributed by atoms with Crippen LogP contribution in [-0.4, -0.2) is 12.5 Å². The van der Waals surface area contributed by atoms with Gasteiger partial charge >= 0.3 is 0 Å². The van der Waals surface area contributed by atoms with Crippen LogP contribution in [0.3, 0.4) is 0 Å². The highest BCUT2D eigenvalue weighted by Crippen LogP contribution is 2.15. The normalized spacial score (nSPS) is 10.7. The van der Waals surface area contributed by atoms with Crippen molar-refractivity contribution in [3.63, 3.8) is 0 Å². The maximum atomic E-state index is 13.8. The summed E-state index contributed by atoms with van der Waals surface area (Å²) < 4.78 is 13.8. The number of benzene rings is 1. The molecule has 7 heteroatoms. The zero-order valence-corrected chi connectivity index (χ0v) is 16.7. The van der Waals surface area contributed by atoms with Gasteiger partial charge in [0.25, 0.3) is 0 Å². The third-order valence-electron chi connectivity index (χ3n) is 3.31. The number of nitrogens with one attached hydrogen (secondary N) is 2.